The Balaban J connectivity index is 1.33. The molecule has 0 saturated heterocycles. The van der Waals surface area contributed by atoms with Gasteiger partial charge in [0, 0.05) is 28.6 Å². The van der Waals surface area contributed by atoms with Crippen molar-refractivity contribution in [3.05, 3.63) is 47.7 Å². The summed E-state index contributed by atoms with van der Waals surface area (Å²) in [6, 6.07) is 9.05. The van der Waals surface area contributed by atoms with Crippen LogP contribution >= 0.6 is 0 Å². The standard InChI is InChI=1S/C36H51NO/c1-22(2)23-14-17-36(21-38)19-18-34(6)26(30(23)36)12-13-29-33(5)20-25-24-10-8-9-11-27(24)37-31(25)32(3,4)28(33)15-16-35(29,34)7/h8-11,23,26,28-30,37-38H,1,12-21H2,2-7H3. The molecule has 1 aromatic carbocycles. The van der Waals surface area contributed by atoms with Gasteiger partial charge in [-0.05, 0) is 128 Å². The number of aromatic amines is 1. The molecule has 7 rings (SSSR count). The fourth-order valence-corrected chi connectivity index (χ4v) is 12.8. The van der Waals surface area contributed by atoms with Gasteiger partial charge in [0.25, 0.3) is 0 Å². The summed E-state index contributed by atoms with van der Waals surface area (Å²) in [6.45, 7) is 20.4. The fraction of sp³-hybridized carbons (Fsp3) is 0.722. The Hall–Kier alpha value is -1.54. The molecule has 5 aliphatic rings. The van der Waals surface area contributed by atoms with E-state index < -0.39 is 0 Å². The number of H-pyrrole nitrogens is 1. The summed E-state index contributed by atoms with van der Waals surface area (Å²) in [4.78, 5) is 3.91. The third-order valence-electron chi connectivity index (χ3n) is 14.7. The summed E-state index contributed by atoms with van der Waals surface area (Å²) in [5.41, 5.74) is 7.15. The monoisotopic (exact) mass is 513 g/mol. The molecule has 1 heterocycles. The minimum absolute atomic E-state index is 0.143. The molecule has 0 bridgehead atoms. The molecule has 4 saturated carbocycles. The van der Waals surface area contributed by atoms with Crippen LogP contribution in [-0.4, -0.2) is 16.7 Å². The van der Waals surface area contributed by atoms with Gasteiger partial charge < -0.3 is 10.1 Å². The quantitative estimate of drug-likeness (QED) is 0.387. The van der Waals surface area contributed by atoms with Crippen LogP contribution in [0.3, 0.4) is 0 Å². The van der Waals surface area contributed by atoms with Crippen LogP contribution in [0, 0.1) is 51.2 Å². The van der Waals surface area contributed by atoms with Crippen LogP contribution in [0.15, 0.2) is 36.4 Å². The van der Waals surface area contributed by atoms with E-state index in [-0.39, 0.29) is 10.8 Å². The zero-order valence-corrected chi connectivity index (χ0v) is 24.9. The van der Waals surface area contributed by atoms with E-state index in [0.29, 0.717) is 46.5 Å². The van der Waals surface area contributed by atoms with Gasteiger partial charge in [-0.2, -0.15) is 0 Å². The highest BCUT2D eigenvalue weighted by molar-refractivity contribution is 5.85. The summed E-state index contributed by atoms with van der Waals surface area (Å²) >= 11 is 0. The maximum Gasteiger partial charge on any atom is 0.0490 e. The van der Waals surface area contributed by atoms with Crippen molar-refractivity contribution in [3.8, 4) is 0 Å². The molecule has 5 aliphatic carbocycles. The van der Waals surface area contributed by atoms with Crippen molar-refractivity contribution in [3.63, 3.8) is 0 Å². The maximum atomic E-state index is 10.8. The largest absolute Gasteiger partial charge is 0.396 e. The number of para-hydroxylation sites is 1. The SMILES string of the molecule is C=C(C)C1CCC2(CO)CCC3(C)C(CCC4C5(C)Cc6c([nH]c7ccccc67)C(C)(C)C5CCC43C)C12. The molecule has 0 spiro atoms. The van der Waals surface area contributed by atoms with Crippen molar-refractivity contribution >= 4 is 10.9 Å². The maximum absolute atomic E-state index is 10.8. The van der Waals surface area contributed by atoms with E-state index in [0.717, 1.165) is 5.92 Å². The molecule has 4 fully saturated rings. The molecular weight excluding hydrogens is 462 g/mol. The van der Waals surface area contributed by atoms with E-state index in [4.69, 9.17) is 0 Å². The topological polar surface area (TPSA) is 36.0 Å². The van der Waals surface area contributed by atoms with Crippen LogP contribution in [0.4, 0.5) is 0 Å². The lowest BCUT2D eigenvalue weighted by Crippen LogP contribution is -2.66. The van der Waals surface area contributed by atoms with Crippen molar-refractivity contribution in [2.75, 3.05) is 6.61 Å². The van der Waals surface area contributed by atoms with Gasteiger partial charge in [0.15, 0.2) is 0 Å². The van der Waals surface area contributed by atoms with Crippen LogP contribution < -0.4 is 0 Å². The van der Waals surface area contributed by atoms with Gasteiger partial charge >= 0.3 is 0 Å². The average Bonchev–Trinajstić information content (AvgIpc) is 3.44. The Bertz CT molecular complexity index is 1300. The molecule has 0 amide bonds. The summed E-state index contributed by atoms with van der Waals surface area (Å²) in [5.74, 6) is 3.40. The molecule has 2 nitrogen and oxygen atoms in total. The van der Waals surface area contributed by atoms with E-state index in [2.05, 4.69) is 77.4 Å². The minimum atomic E-state index is 0.143. The fourth-order valence-electron chi connectivity index (χ4n) is 12.8. The zero-order valence-electron chi connectivity index (χ0n) is 24.9. The highest BCUT2D eigenvalue weighted by Crippen LogP contribution is 2.77. The first-order valence-corrected chi connectivity index (χ1v) is 15.8. The smallest absolute Gasteiger partial charge is 0.0490 e. The summed E-state index contributed by atoms with van der Waals surface area (Å²) in [5, 5.41) is 12.3. The molecule has 2 aromatic rings. The minimum Gasteiger partial charge on any atom is -0.396 e. The van der Waals surface area contributed by atoms with E-state index in [1.807, 2.05) is 0 Å². The van der Waals surface area contributed by atoms with E-state index in [1.165, 1.54) is 80.0 Å². The molecular formula is C36H51NO. The van der Waals surface area contributed by atoms with Crippen LogP contribution in [0.2, 0.25) is 0 Å². The number of benzene rings is 1. The van der Waals surface area contributed by atoms with Crippen molar-refractivity contribution in [1.29, 1.82) is 0 Å². The van der Waals surface area contributed by atoms with Crippen LogP contribution in [0.1, 0.15) is 104 Å². The van der Waals surface area contributed by atoms with Gasteiger partial charge in [-0.1, -0.05) is 65.0 Å². The Kier molecular flexibility index (Phi) is 5.22. The van der Waals surface area contributed by atoms with Crippen molar-refractivity contribution in [2.24, 2.45) is 51.2 Å². The first kappa shape index (κ1) is 25.4. The number of aliphatic hydroxyl groups is 1. The van der Waals surface area contributed by atoms with Crippen LogP contribution in [0.25, 0.3) is 10.9 Å². The number of aliphatic hydroxyl groups excluding tert-OH is 1. The van der Waals surface area contributed by atoms with Crippen molar-refractivity contribution in [2.45, 2.75) is 105 Å². The number of allylic oxidation sites excluding steroid dienone is 1. The van der Waals surface area contributed by atoms with E-state index in [9.17, 15) is 5.11 Å². The molecule has 1 aromatic heterocycles. The van der Waals surface area contributed by atoms with Gasteiger partial charge in [-0.15, -0.1) is 0 Å². The Labute approximate surface area is 231 Å². The molecule has 206 valence electrons. The first-order valence-electron chi connectivity index (χ1n) is 15.8. The second kappa shape index (κ2) is 7.80. The second-order valence-electron chi connectivity index (χ2n) is 16.1. The lowest BCUT2D eigenvalue weighted by Gasteiger charge is -2.72. The lowest BCUT2D eigenvalue weighted by atomic mass is 9.32. The Morgan fingerprint density at radius 3 is 2.42 bits per heavy atom. The predicted molar refractivity (Wildman–Crippen MR) is 158 cm³/mol. The third-order valence-corrected chi connectivity index (χ3v) is 14.7. The Morgan fingerprint density at radius 2 is 1.68 bits per heavy atom. The number of hydrogen-bond acceptors (Lipinski definition) is 1. The van der Waals surface area contributed by atoms with Gasteiger partial charge in [0.2, 0.25) is 0 Å². The molecule has 0 radical (unpaired) electrons. The summed E-state index contributed by atoms with van der Waals surface area (Å²) < 4.78 is 0. The summed E-state index contributed by atoms with van der Waals surface area (Å²) in [6.07, 6.45) is 11.6. The number of nitrogens with one attached hydrogen (secondary N) is 1. The van der Waals surface area contributed by atoms with Crippen LogP contribution in [-0.2, 0) is 11.8 Å². The average molecular weight is 514 g/mol. The zero-order chi connectivity index (χ0) is 26.9. The van der Waals surface area contributed by atoms with Crippen molar-refractivity contribution in [1.82, 2.24) is 4.98 Å². The van der Waals surface area contributed by atoms with Crippen molar-refractivity contribution < 1.29 is 5.11 Å². The number of rotatable bonds is 2. The summed E-state index contributed by atoms with van der Waals surface area (Å²) in [7, 11) is 0. The van der Waals surface area contributed by atoms with Gasteiger partial charge in [-0.3, -0.25) is 0 Å². The molecule has 2 N–H and O–H groups in total. The normalized spacial score (nSPS) is 47.0. The Morgan fingerprint density at radius 1 is 0.921 bits per heavy atom. The number of aromatic nitrogens is 1. The first-order chi connectivity index (χ1) is 17.9. The van der Waals surface area contributed by atoms with E-state index in [1.54, 1.807) is 5.56 Å². The number of fused-ring (bicyclic) bond motifs is 10. The molecule has 9 unspecified atom stereocenters. The van der Waals surface area contributed by atoms with Crippen LogP contribution in [0.5, 0.6) is 0 Å². The lowest BCUT2D eigenvalue weighted by molar-refractivity contribution is -0.228. The predicted octanol–water partition coefficient (Wildman–Crippen LogP) is 8.83. The van der Waals surface area contributed by atoms with Gasteiger partial charge in [-0.25, -0.2) is 0 Å². The van der Waals surface area contributed by atoms with E-state index >= 15 is 0 Å². The highest BCUT2D eigenvalue weighted by Gasteiger charge is 2.70. The number of hydrogen-bond donors (Lipinski definition) is 2. The molecule has 2 heteroatoms. The highest BCUT2D eigenvalue weighted by atomic mass is 16.3. The molecule has 38 heavy (non-hydrogen) atoms. The van der Waals surface area contributed by atoms with Gasteiger partial charge in [0.1, 0.15) is 0 Å². The molecule has 9 atom stereocenters. The second-order valence-corrected chi connectivity index (χ2v) is 16.1. The third kappa shape index (κ3) is 2.84. The van der Waals surface area contributed by atoms with Gasteiger partial charge in [0.05, 0.1) is 0 Å². The molecule has 0 aliphatic heterocycles.